The number of aromatic nitrogens is 2. The van der Waals surface area contributed by atoms with Gasteiger partial charge in [0.2, 0.25) is 0 Å². The zero-order chi connectivity index (χ0) is 31.3. The van der Waals surface area contributed by atoms with Crippen LogP contribution in [-0.4, -0.2) is 38.4 Å². The second-order valence-electron chi connectivity index (χ2n) is 14.5. The van der Waals surface area contributed by atoms with E-state index in [1.165, 1.54) is 10.4 Å². The number of benzene rings is 3. The number of nitrogens with one attached hydrogen (secondary N) is 1. The van der Waals surface area contributed by atoms with Crippen LogP contribution >= 0.6 is 0 Å². The van der Waals surface area contributed by atoms with Gasteiger partial charge < -0.3 is 9.74 Å². The van der Waals surface area contributed by atoms with Crippen LogP contribution in [-0.2, 0) is 26.2 Å². The third-order valence-corrected chi connectivity index (χ3v) is 16.1. The lowest BCUT2D eigenvalue weighted by Gasteiger charge is -2.44. The van der Waals surface area contributed by atoms with E-state index in [0.717, 1.165) is 42.0 Å². The van der Waals surface area contributed by atoms with Crippen molar-refractivity contribution in [2.75, 3.05) is 11.1 Å². The molecule has 1 saturated carbocycles. The Balaban J connectivity index is 1.29. The summed E-state index contributed by atoms with van der Waals surface area (Å²) in [4.78, 5) is 0.448. The van der Waals surface area contributed by atoms with Crippen molar-refractivity contribution in [3.05, 3.63) is 96.2 Å². The van der Waals surface area contributed by atoms with Crippen LogP contribution in [0.2, 0.25) is 5.04 Å². The van der Waals surface area contributed by atoms with E-state index in [4.69, 9.17) is 9.52 Å². The lowest BCUT2D eigenvalue weighted by Crippen LogP contribution is -2.67. The van der Waals surface area contributed by atoms with Gasteiger partial charge in [-0.05, 0) is 79.6 Å². The molecule has 44 heavy (non-hydrogen) atoms. The highest BCUT2D eigenvalue weighted by molar-refractivity contribution is 7.91. The first-order chi connectivity index (χ1) is 20.8. The van der Waals surface area contributed by atoms with Crippen molar-refractivity contribution < 1.29 is 12.8 Å². The molecule has 0 spiro atoms. The van der Waals surface area contributed by atoms with Crippen molar-refractivity contribution in [2.24, 2.45) is 0 Å². The molecule has 8 heteroatoms. The molecule has 3 aromatic carbocycles. The first-order valence-corrected chi connectivity index (χ1v) is 19.4. The van der Waals surface area contributed by atoms with Crippen molar-refractivity contribution in [3.63, 3.8) is 0 Å². The SMILES string of the molecule is CC(C)(C)n1nc([C@H]2CC[C@@H](O[Si](c3ccccc3)(c3ccccc3)C(C)(C)C)C2)cc1Nc1ccc2c(c1)S(=O)(=O)CC2. The van der Waals surface area contributed by atoms with Crippen LogP contribution in [0.1, 0.15) is 78.0 Å². The first-order valence-electron chi connectivity index (χ1n) is 15.8. The van der Waals surface area contributed by atoms with E-state index in [1.807, 2.05) is 16.8 Å². The molecular weight excluding hydrogens is 583 g/mol. The number of sulfone groups is 1. The Kier molecular flexibility index (Phi) is 7.91. The normalized spacial score (nSPS) is 20.0. The minimum absolute atomic E-state index is 0.0674. The highest BCUT2D eigenvalue weighted by atomic mass is 32.2. The summed E-state index contributed by atoms with van der Waals surface area (Å²) in [6, 6.07) is 29.6. The minimum atomic E-state index is -3.21. The summed E-state index contributed by atoms with van der Waals surface area (Å²) in [5, 5.41) is 11.2. The number of fused-ring (bicyclic) bond motifs is 1. The van der Waals surface area contributed by atoms with E-state index in [0.29, 0.717) is 11.3 Å². The zero-order valence-corrected chi connectivity index (χ0v) is 28.6. The molecular formula is C36H45N3O3SSi. The number of rotatable bonds is 7. The van der Waals surface area contributed by atoms with Gasteiger partial charge in [-0.25, -0.2) is 13.1 Å². The standard InChI is InChI=1S/C36H45N3O3SSi/c1-35(2,3)39-34(37-28-19-17-26-21-22-43(40,41)33(26)24-28)25-32(38-39)27-18-20-29(23-27)42-44(36(4,5)6,30-13-9-7-10-14-30)31-15-11-8-12-16-31/h7-17,19,24-25,27,29,37H,18,20-23H2,1-6H3/t27-,29+/m0/s1. The van der Waals surface area contributed by atoms with Gasteiger partial charge in [0.25, 0.3) is 8.32 Å². The Morgan fingerprint density at radius 3 is 2.09 bits per heavy atom. The average Bonchev–Trinajstić information content (AvgIpc) is 3.69. The molecule has 1 aliphatic heterocycles. The second-order valence-corrected chi connectivity index (χ2v) is 20.8. The van der Waals surface area contributed by atoms with Gasteiger partial charge in [-0.3, -0.25) is 0 Å². The second kappa shape index (κ2) is 11.3. The number of anilines is 2. The smallest absolute Gasteiger partial charge is 0.261 e. The summed E-state index contributed by atoms with van der Waals surface area (Å²) in [5.74, 6) is 1.34. The summed E-state index contributed by atoms with van der Waals surface area (Å²) in [6.07, 6.45) is 3.64. The maximum absolute atomic E-state index is 12.6. The summed E-state index contributed by atoms with van der Waals surface area (Å²) >= 11 is 0. The summed E-state index contributed by atoms with van der Waals surface area (Å²) in [5.41, 5.74) is 2.47. The van der Waals surface area contributed by atoms with Crippen LogP contribution < -0.4 is 15.7 Å². The Labute approximate surface area is 263 Å². The van der Waals surface area contributed by atoms with Crippen molar-refractivity contribution in [1.29, 1.82) is 0 Å². The van der Waals surface area contributed by atoms with Crippen molar-refractivity contribution >= 4 is 40.0 Å². The predicted octanol–water partition coefficient (Wildman–Crippen LogP) is 6.92. The van der Waals surface area contributed by atoms with Gasteiger partial charge >= 0.3 is 0 Å². The van der Waals surface area contributed by atoms with Gasteiger partial charge in [0.1, 0.15) is 5.82 Å². The van der Waals surface area contributed by atoms with Gasteiger partial charge in [-0.2, -0.15) is 5.10 Å². The monoisotopic (exact) mass is 627 g/mol. The van der Waals surface area contributed by atoms with E-state index in [2.05, 4.69) is 114 Å². The Bertz CT molecular complexity index is 1700. The molecule has 0 amide bonds. The quantitative estimate of drug-likeness (QED) is 0.225. The van der Waals surface area contributed by atoms with Gasteiger partial charge in [0, 0.05) is 23.8 Å². The van der Waals surface area contributed by atoms with Crippen LogP contribution in [0.3, 0.4) is 0 Å². The lowest BCUT2D eigenvalue weighted by atomic mass is 10.0. The summed E-state index contributed by atoms with van der Waals surface area (Å²) < 4.78 is 34.7. The molecule has 0 radical (unpaired) electrons. The fourth-order valence-corrected chi connectivity index (χ4v) is 13.4. The number of hydrogen-bond acceptors (Lipinski definition) is 5. The summed E-state index contributed by atoms with van der Waals surface area (Å²) in [7, 11) is -5.85. The topological polar surface area (TPSA) is 73.2 Å². The Morgan fingerprint density at radius 2 is 1.50 bits per heavy atom. The summed E-state index contributed by atoms with van der Waals surface area (Å²) in [6.45, 7) is 13.4. The first kappa shape index (κ1) is 30.8. The molecule has 1 N–H and O–H groups in total. The van der Waals surface area contributed by atoms with Gasteiger partial charge in [0.05, 0.1) is 21.9 Å². The molecule has 232 valence electrons. The number of aryl methyl sites for hydroxylation is 1. The highest BCUT2D eigenvalue weighted by Gasteiger charge is 2.52. The van der Waals surface area contributed by atoms with Crippen LogP contribution in [0, 0.1) is 0 Å². The maximum atomic E-state index is 12.6. The number of hydrogen-bond donors (Lipinski definition) is 1. The molecule has 6 nitrogen and oxygen atoms in total. The Hall–Kier alpha value is -3.20. The maximum Gasteiger partial charge on any atom is 0.261 e. The molecule has 1 aromatic heterocycles. The molecule has 0 unspecified atom stereocenters. The van der Waals surface area contributed by atoms with Crippen molar-refractivity contribution in [3.8, 4) is 0 Å². The molecule has 4 aromatic rings. The van der Waals surface area contributed by atoms with Crippen molar-refractivity contribution in [2.45, 2.75) is 94.7 Å². The Morgan fingerprint density at radius 1 is 0.864 bits per heavy atom. The fraction of sp³-hybridized carbons (Fsp3) is 0.417. The molecule has 0 bridgehead atoms. The number of nitrogens with zero attached hydrogens (tertiary/aromatic N) is 2. The van der Waals surface area contributed by atoms with Gasteiger partial charge in [-0.15, -0.1) is 0 Å². The van der Waals surface area contributed by atoms with Gasteiger partial charge in [-0.1, -0.05) is 87.5 Å². The fourth-order valence-electron chi connectivity index (χ4n) is 7.09. The van der Waals surface area contributed by atoms with Crippen LogP contribution in [0.5, 0.6) is 0 Å². The molecule has 1 fully saturated rings. The third kappa shape index (κ3) is 5.68. The van der Waals surface area contributed by atoms with Gasteiger partial charge in [0.15, 0.2) is 9.84 Å². The zero-order valence-electron chi connectivity index (χ0n) is 26.8. The predicted molar refractivity (Wildman–Crippen MR) is 182 cm³/mol. The van der Waals surface area contributed by atoms with E-state index < -0.39 is 18.2 Å². The van der Waals surface area contributed by atoms with Crippen LogP contribution in [0.15, 0.2) is 89.8 Å². The van der Waals surface area contributed by atoms with E-state index in [1.54, 1.807) is 6.07 Å². The molecule has 0 saturated heterocycles. The molecule has 1 aliphatic carbocycles. The van der Waals surface area contributed by atoms with E-state index >= 15 is 0 Å². The average molecular weight is 628 g/mol. The third-order valence-electron chi connectivity index (χ3n) is 9.24. The van der Waals surface area contributed by atoms with Crippen molar-refractivity contribution in [1.82, 2.24) is 9.78 Å². The molecule has 2 atom stereocenters. The minimum Gasteiger partial charge on any atom is -0.404 e. The van der Waals surface area contributed by atoms with E-state index in [-0.39, 0.29) is 28.4 Å². The molecule has 2 aliphatic rings. The lowest BCUT2D eigenvalue weighted by molar-refractivity contribution is 0.193. The molecule has 2 heterocycles. The van der Waals surface area contributed by atoms with Crippen LogP contribution in [0.25, 0.3) is 0 Å². The largest absolute Gasteiger partial charge is 0.404 e. The van der Waals surface area contributed by atoms with Crippen LogP contribution in [0.4, 0.5) is 11.5 Å². The molecule has 6 rings (SSSR count). The van der Waals surface area contributed by atoms with E-state index in [9.17, 15) is 8.42 Å². The highest BCUT2D eigenvalue weighted by Crippen LogP contribution is 2.43.